The number of hydrogen-bond acceptors (Lipinski definition) is 4. The van der Waals surface area contributed by atoms with Crippen LogP contribution in [0.15, 0.2) is 29.1 Å². The molecule has 1 fully saturated rings. The van der Waals surface area contributed by atoms with E-state index in [1.807, 2.05) is 24.3 Å². The molecule has 1 aliphatic rings. The molecule has 0 unspecified atom stereocenters. The molecule has 0 spiro atoms. The minimum absolute atomic E-state index is 0.181. The van der Waals surface area contributed by atoms with Crippen molar-refractivity contribution in [2.75, 3.05) is 13.2 Å². The van der Waals surface area contributed by atoms with Crippen molar-refractivity contribution in [3.63, 3.8) is 0 Å². The first kappa shape index (κ1) is 11.8. The normalized spacial score (nSPS) is 15.5. The topological polar surface area (TPSA) is 26.3 Å². The highest BCUT2D eigenvalue weighted by molar-refractivity contribution is 7.71. The molecule has 2 nitrogen and oxygen atoms in total. The first-order valence-electron chi connectivity index (χ1n) is 5.43. The van der Waals surface area contributed by atoms with Crippen molar-refractivity contribution in [2.24, 2.45) is 0 Å². The maximum atomic E-state index is 11.0. The third-order valence-corrected chi connectivity index (χ3v) is 4.62. The van der Waals surface area contributed by atoms with Crippen molar-refractivity contribution < 1.29 is 4.74 Å². The molecule has 1 aromatic heterocycles. The molecule has 0 atom stereocenters. The minimum Gasteiger partial charge on any atom is -0.381 e. The first-order valence-corrected chi connectivity index (χ1v) is 7.58. The van der Waals surface area contributed by atoms with E-state index in [1.54, 1.807) is 10.3 Å². The van der Waals surface area contributed by atoms with Gasteiger partial charge in [-0.25, -0.2) is 0 Å². The van der Waals surface area contributed by atoms with E-state index in [4.69, 9.17) is 4.74 Å². The van der Waals surface area contributed by atoms with Gasteiger partial charge in [0.15, 0.2) is 0 Å². The predicted octanol–water partition coefficient (Wildman–Crippen LogP) is 3.51. The minimum atomic E-state index is 0.181. The molecule has 0 amide bonds. The van der Waals surface area contributed by atoms with Crippen LogP contribution in [0.5, 0.6) is 0 Å². The monoisotopic (exact) mass is 254 g/mol. The summed E-state index contributed by atoms with van der Waals surface area (Å²) >= 11 is 0. The van der Waals surface area contributed by atoms with E-state index in [2.05, 4.69) is 0 Å². The molecular formula is C12H14O2S2. The lowest BCUT2D eigenvalue weighted by molar-refractivity contribution is 0.0968. The Morgan fingerprint density at radius 3 is 2.31 bits per heavy atom. The summed E-state index contributed by atoms with van der Waals surface area (Å²) < 4.78 is 6.35. The Morgan fingerprint density at radius 2 is 1.75 bits per heavy atom. The lowest BCUT2D eigenvalue weighted by atomic mass is 10.2. The Balaban J connectivity index is 0.000000138. The van der Waals surface area contributed by atoms with Crippen LogP contribution in [-0.4, -0.2) is 13.2 Å². The highest BCUT2D eigenvalue weighted by Crippen LogP contribution is 2.18. The van der Waals surface area contributed by atoms with Gasteiger partial charge in [0.05, 0.1) is 5.39 Å². The van der Waals surface area contributed by atoms with Crippen molar-refractivity contribution >= 4 is 30.8 Å². The van der Waals surface area contributed by atoms with Gasteiger partial charge in [0.25, 0.3) is 4.74 Å². The molecular weight excluding hydrogens is 240 g/mol. The Kier molecular flexibility index (Phi) is 4.51. The van der Waals surface area contributed by atoms with Crippen LogP contribution in [0.2, 0.25) is 0 Å². The smallest absolute Gasteiger partial charge is 0.250 e. The Hall–Kier alpha value is -0.710. The SMILES string of the molecule is C1CCOCC1.O=c1ssc2ccccc12. The van der Waals surface area contributed by atoms with E-state index in [0.717, 1.165) is 23.3 Å². The van der Waals surface area contributed by atoms with Crippen LogP contribution in [0.1, 0.15) is 19.3 Å². The second-order valence-electron chi connectivity index (χ2n) is 3.62. The van der Waals surface area contributed by atoms with Gasteiger partial charge in [0, 0.05) is 17.9 Å². The fourth-order valence-electron chi connectivity index (χ4n) is 1.52. The van der Waals surface area contributed by atoms with Crippen molar-refractivity contribution in [2.45, 2.75) is 19.3 Å². The Labute approximate surface area is 102 Å². The fraction of sp³-hybridized carbons (Fsp3) is 0.417. The molecule has 0 radical (unpaired) electrons. The van der Waals surface area contributed by atoms with E-state index in [1.165, 1.54) is 29.6 Å². The van der Waals surface area contributed by atoms with Crippen LogP contribution < -0.4 is 4.74 Å². The third kappa shape index (κ3) is 3.14. The van der Waals surface area contributed by atoms with Gasteiger partial charge >= 0.3 is 0 Å². The summed E-state index contributed by atoms with van der Waals surface area (Å²) in [7, 11) is 2.85. The summed E-state index contributed by atoms with van der Waals surface area (Å²) in [5.41, 5.74) is 0. The van der Waals surface area contributed by atoms with Crippen molar-refractivity contribution in [1.29, 1.82) is 0 Å². The van der Waals surface area contributed by atoms with Gasteiger partial charge in [0.1, 0.15) is 0 Å². The van der Waals surface area contributed by atoms with Crippen LogP contribution in [-0.2, 0) is 4.74 Å². The van der Waals surface area contributed by atoms with Crippen molar-refractivity contribution in [1.82, 2.24) is 0 Å². The molecule has 0 bridgehead atoms. The van der Waals surface area contributed by atoms with Gasteiger partial charge in [-0.2, -0.15) is 0 Å². The average molecular weight is 254 g/mol. The summed E-state index contributed by atoms with van der Waals surface area (Å²) in [6.45, 7) is 2.00. The number of rotatable bonds is 0. The Bertz CT molecular complexity index is 471. The van der Waals surface area contributed by atoms with Gasteiger partial charge in [0.2, 0.25) is 0 Å². The lowest BCUT2D eigenvalue weighted by Crippen LogP contribution is -2.03. The molecule has 1 aromatic carbocycles. The van der Waals surface area contributed by atoms with Crippen LogP contribution in [0.25, 0.3) is 10.1 Å². The molecule has 2 aromatic rings. The molecule has 0 saturated carbocycles. The number of hydrogen-bond donors (Lipinski definition) is 0. The molecule has 0 aliphatic carbocycles. The highest BCUT2D eigenvalue weighted by Gasteiger charge is 1.97. The summed E-state index contributed by atoms with van der Waals surface area (Å²) in [5.74, 6) is 0. The number of ether oxygens (including phenoxy) is 1. The fourth-order valence-corrected chi connectivity index (χ4v) is 3.61. The van der Waals surface area contributed by atoms with Crippen LogP contribution in [0, 0.1) is 0 Å². The molecule has 86 valence electrons. The van der Waals surface area contributed by atoms with E-state index in [9.17, 15) is 4.79 Å². The quantitative estimate of drug-likeness (QED) is 0.672. The second-order valence-corrected chi connectivity index (χ2v) is 5.77. The standard InChI is InChI=1S/C7H4OS2.C5H10O/c8-7-5-3-1-2-4-6(5)9-10-7;1-2-4-6-5-3-1/h1-4H;1-5H2. The summed E-state index contributed by atoms with van der Waals surface area (Å²) in [6.07, 6.45) is 3.93. The molecule has 4 heteroatoms. The first-order chi connectivity index (χ1) is 7.88. The summed E-state index contributed by atoms with van der Waals surface area (Å²) in [5, 5.41) is 0.859. The van der Waals surface area contributed by atoms with Crippen LogP contribution in [0.4, 0.5) is 0 Å². The van der Waals surface area contributed by atoms with E-state index in [-0.39, 0.29) is 4.74 Å². The van der Waals surface area contributed by atoms with Gasteiger partial charge in [-0.15, -0.1) is 0 Å². The average Bonchev–Trinajstić information content (AvgIpc) is 2.75. The van der Waals surface area contributed by atoms with Crippen molar-refractivity contribution in [3.05, 3.63) is 33.8 Å². The number of benzene rings is 1. The predicted molar refractivity (Wildman–Crippen MR) is 70.6 cm³/mol. The molecule has 1 aliphatic heterocycles. The molecule has 2 heterocycles. The van der Waals surface area contributed by atoms with E-state index < -0.39 is 0 Å². The maximum Gasteiger partial charge on any atom is 0.250 e. The summed E-state index contributed by atoms with van der Waals surface area (Å²) in [4.78, 5) is 11.0. The zero-order valence-electron chi connectivity index (χ0n) is 8.98. The number of fused-ring (bicyclic) bond motifs is 1. The molecule has 0 N–H and O–H groups in total. The maximum absolute atomic E-state index is 11.0. The molecule has 3 rings (SSSR count). The molecule has 16 heavy (non-hydrogen) atoms. The second kappa shape index (κ2) is 6.13. The zero-order chi connectivity index (χ0) is 11.2. The zero-order valence-corrected chi connectivity index (χ0v) is 10.6. The van der Waals surface area contributed by atoms with E-state index >= 15 is 0 Å². The Morgan fingerprint density at radius 1 is 1.00 bits per heavy atom. The van der Waals surface area contributed by atoms with E-state index in [0.29, 0.717) is 0 Å². The van der Waals surface area contributed by atoms with Crippen LogP contribution in [0.3, 0.4) is 0 Å². The molecule has 1 saturated heterocycles. The van der Waals surface area contributed by atoms with Gasteiger partial charge in [-0.1, -0.05) is 22.5 Å². The van der Waals surface area contributed by atoms with Gasteiger partial charge < -0.3 is 4.74 Å². The van der Waals surface area contributed by atoms with Crippen LogP contribution >= 0.6 is 20.7 Å². The van der Waals surface area contributed by atoms with Gasteiger partial charge in [-0.05, 0) is 41.7 Å². The third-order valence-electron chi connectivity index (χ3n) is 2.39. The van der Waals surface area contributed by atoms with Gasteiger partial charge in [-0.3, -0.25) is 4.79 Å². The summed E-state index contributed by atoms with van der Waals surface area (Å²) in [6, 6.07) is 7.68. The lowest BCUT2D eigenvalue weighted by Gasteiger charge is -2.08. The van der Waals surface area contributed by atoms with Crippen molar-refractivity contribution in [3.8, 4) is 0 Å². The highest BCUT2D eigenvalue weighted by atomic mass is 32.9. The largest absolute Gasteiger partial charge is 0.381 e.